The van der Waals surface area contributed by atoms with E-state index in [1.54, 1.807) is 0 Å². The van der Waals surface area contributed by atoms with Gasteiger partial charge in [0.25, 0.3) is 0 Å². The first-order valence-electron chi connectivity index (χ1n) is 6.91. The molecule has 1 N–H and O–H groups in total. The van der Waals surface area contributed by atoms with E-state index in [0.717, 1.165) is 25.1 Å². The molecule has 110 valence electrons. The number of hydrogen-bond acceptors (Lipinski definition) is 3. The summed E-state index contributed by atoms with van der Waals surface area (Å²) in [6, 6.07) is 7.64. The summed E-state index contributed by atoms with van der Waals surface area (Å²) in [4.78, 5) is 13.5. The van der Waals surface area contributed by atoms with E-state index in [9.17, 15) is 9.90 Å². The van der Waals surface area contributed by atoms with Crippen LogP contribution in [0.4, 0.5) is 0 Å². The zero-order valence-corrected chi connectivity index (χ0v) is 12.3. The van der Waals surface area contributed by atoms with Gasteiger partial charge in [-0.25, -0.2) is 0 Å². The number of aliphatic carboxylic acids is 1. The Morgan fingerprint density at radius 1 is 1.40 bits per heavy atom. The number of carboxylic acids is 1. The van der Waals surface area contributed by atoms with Gasteiger partial charge >= 0.3 is 5.97 Å². The number of benzene rings is 1. The Kier molecular flexibility index (Phi) is 5.40. The molecule has 0 amide bonds. The van der Waals surface area contributed by atoms with Crippen molar-refractivity contribution in [3.05, 3.63) is 34.9 Å². The lowest BCUT2D eigenvalue weighted by Crippen LogP contribution is -2.43. The molecule has 4 nitrogen and oxygen atoms in total. The number of carbonyl (C=O) groups is 1. The van der Waals surface area contributed by atoms with E-state index in [-0.39, 0.29) is 6.04 Å². The monoisotopic (exact) mass is 297 g/mol. The van der Waals surface area contributed by atoms with Crippen LogP contribution in [-0.4, -0.2) is 41.8 Å². The molecule has 0 saturated carbocycles. The van der Waals surface area contributed by atoms with E-state index in [0.29, 0.717) is 18.2 Å². The Balaban J connectivity index is 2.10. The van der Waals surface area contributed by atoms with E-state index in [4.69, 9.17) is 16.3 Å². The minimum Gasteiger partial charge on any atom is -0.481 e. The molecule has 1 aromatic carbocycles. The third-order valence-corrected chi connectivity index (χ3v) is 3.90. The second kappa shape index (κ2) is 7.07. The molecule has 0 aliphatic carbocycles. The van der Waals surface area contributed by atoms with Crippen LogP contribution in [-0.2, 0) is 16.1 Å². The largest absolute Gasteiger partial charge is 0.481 e. The molecule has 2 rings (SSSR count). The lowest BCUT2D eigenvalue weighted by Gasteiger charge is -2.30. The normalized spacial score (nSPS) is 22.4. The van der Waals surface area contributed by atoms with E-state index in [2.05, 4.69) is 11.8 Å². The van der Waals surface area contributed by atoms with Gasteiger partial charge in [-0.05, 0) is 30.7 Å². The van der Waals surface area contributed by atoms with Crippen LogP contribution in [0.25, 0.3) is 0 Å². The van der Waals surface area contributed by atoms with Crippen LogP contribution in [0.2, 0.25) is 5.02 Å². The number of halogens is 1. The first-order valence-corrected chi connectivity index (χ1v) is 7.28. The molecule has 1 aliphatic heterocycles. The first kappa shape index (κ1) is 15.3. The summed E-state index contributed by atoms with van der Waals surface area (Å²) < 4.78 is 5.37. The highest BCUT2D eigenvalue weighted by molar-refractivity contribution is 6.30. The number of hydrogen-bond donors (Lipinski definition) is 1. The van der Waals surface area contributed by atoms with Gasteiger partial charge in [-0.3, -0.25) is 9.69 Å². The van der Waals surface area contributed by atoms with Crippen LogP contribution in [0.15, 0.2) is 24.3 Å². The topological polar surface area (TPSA) is 49.8 Å². The number of nitrogens with zero attached hydrogens (tertiary/aromatic N) is 1. The van der Waals surface area contributed by atoms with Gasteiger partial charge in [-0.15, -0.1) is 0 Å². The second-order valence-electron chi connectivity index (χ2n) is 5.15. The molecule has 1 saturated heterocycles. The van der Waals surface area contributed by atoms with Crippen molar-refractivity contribution in [3.63, 3.8) is 0 Å². The van der Waals surface area contributed by atoms with Gasteiger partial charge in [-0.2, -0.15) is 0 Å². The molecule has 1 heterocycles. The maximum atomic E-state index is 11.3. The highest BCUT2D eigenvalue weighted by atomic mass is 35.5. The van der Waals surface area contributed by atoms with Crippen molar-refractivity contribution >= 4 is 17.6 Å². The number of rotatable bonds is 6. The standard InChI is InChI=1S/C15H20ClNO3/c1-2-7-17(8-11-3-5-12(16)6-4-11)14-10-20-9-13(14)15(18)19/h3-6,13-14H,2,7-10H2,1H3,(H,18,19). The maximum Gasteiger partial charge on any atom is 0.310 e. The van der Waals surface area contributed by atoms with Crippen molar-refractivity contribution in [2.75, 3.05) is 19.8 Å². The molecule has 1 aromatic rings. The van der Waals surface area contributed by atoms with E-state index in [1.165, 1.54) is 0 Å². The molecule has 0 radical (unpaired) electrons. The van der Waals surface area contributed by atoms with Gasteiger partial charge in [0.2, 0.25) is 0 Å². The van der Waals surface area contributed by atoms with E-state index < -0.39 is 11.9 Å². The Bertz CT molecular complexity index is 449. The average molecular weight is 298 g/mol. The van der Waals surface area contributed by atoms with Crippen molar-refractivity contribution in [1.82, 2.24) is 4.90 Å². The second-order valence-corrected chi connectivity index (χ2v) is 5.58. The van der Waals surface area contributed by atoms with Gasteiger partial charge in [0.05, 0.1) is 19.1 Å². The predicted octanol–water partition coefficient (Wildman–Crippen LogP) is 2.65. The minimum atomic E-state index is -0.773. The average Bonchev–Trinajstić information content (AvgIpc) is 2.90. The predicted molar refractivity (Wildman–Crippen MR) is 77.9 cm³/mol. The number of carboxylic acid groups (broad SMARTS) is 1. The van der Waals surface area contributed by atoms with Gasteiger partial charge in [0.1, 0.15) is 0 Å². The number of ether oxygens (including phenoxy) is 1. The van der Waals surface area contributed by atoms with Crippen LogP contribution >= 0.6 is 11.6 Å². The Hall–Kier alpha value is -1.10. The SMILES string of the molecule is CCCN(Cc1ccc(Cl)cc1)C1COCC1C(=O)O. The molecule has 5 heteroatoms. The van der Waals surface area contributed by atoms with Gasteiger partial charge in [-0.1, -0.05) is 30.7 Å². The molecule has 2 atom stereocenters. The van der Waals surface area contributed by atoms with Crippen LogP contribution in [0.5, 0.6) is 0 Å². The fraction of sp³-hybridized carbons (Fsp3) is 0.533. The Morgan fingerprint density at radius 3 is 2.70 bits per heavy atom. The lowest BCUT2D eigenvalue weighted by molar-refractivity contribution is -0.143. The molecule has 0 bridgehead atoms. The Morgan fingerprint density at radius 2 is 2.10 bits per heavy atom. The summed E-state index contributed by atoms with van der Waals surface area (Å²) in [6.45, 7) is 4.48. The molecule has 20 heavy (non-hydrogen) atoms. The van der Waals surface area contributed by atoms with Crippen molar-refractivity contribution in [2.24, 2.45) is 5.92 Å². The highest BCUT2D eigenvalue weighted by Crippen LogP contribution is 2.23. The zero-order valence-electron chi connectivity index (χ0n) is 11.6. The molecule has 1 aliphatic rings. The van der Waals surface area contributed by atoms with Crippen LogP contribution < -0.4 is 0 Å². The molecule has 2 unspecified atom stereocenters. The quantitative estimate of drug-likeness (QED) is 0.877. The van der Waals surface area contributed by atoms with Crippen LogP contribution in [0, 0.1) is 5.92 Å². The third-order valence-electron chi connectivity index (χ3n) is 3.65. The molecule has 1 fully saturated rings. The molecule has 0 aromatic heterocycles. The Labute approximate surface area is 124 Å². The fourth-order valence-corrected chi connectivity index (χ4v) is 2.74. The fourth-order valence-electron chi connectivity index (χ4n) is 2.61. The van der Waals surface area contributed by atoms with Gasteiger partial charge in [0, 0.05) is 17.6 Å². The maximum absolute atomic E-state index is 11.3. The first-order chi connectivity index (χ1) is 9.61. The van der Waals surface area contributed by atoms with Crippen LogP contribution in [0.1, 0.15) is 18.9 Å². The molecular weight excluding hydrogens is 278 g/mol. The summed E-state index contributed by atoms with van der Waals surface area (Å²) >= 11 is 5.89. The smallest absolute Gasteiger partial charge is 0.310 e. The van der Waals surface area contributed by atoms with Gasteiger partial charge < -0.3 is 9.84 Å². The van der Waals surface area contributed by atoms with Crippen LogP contribution in [0.3, 0.4) is 0 Å². The third kappa shape index (κ3) is 3.72. The molecular formula is C15H20ClNO3. The van der Waals surface area contributed by atoms with Crippen molar-refractivity contribution in [3.8, 4) is 0 Å². The van der Waals surface area contributed by atoms with Crippen molar-refractivity contribution < 1.29 is 14.6 Å². The van der Waals surface area contributed by atoms with Crippen molar-refractivity contribution in [2.45, 2.75) is 25.9 Å². The summed E-state index contributed by atoms with van der Waals surface area (Å²) in [5, 5.41) is 9.99. The highest BCUT2D eigenvalue weighted by Gasteiger charge is 2.37. The summed E-state index contributed by atoms with van der Waals surface area (Å²) in [6.07, 6.45) is 0.983. The summed E-state index contributed by atoms with van der Waals surface area (Å²) in [7, 11) is 0. The van der Waals surface area contributed by atoms with E-state index in [1.807, 2.05) is 24.3 Å². The van der Waals surface area contributed by atoms with Crippen molar-refractivity contribution in [1.29, 1.82) is 0 Å². The van der Waals surface area contributed by atoms with Gasteiger partial charge in [0.15, 0.2) is 0 Å². The minimum absolute atomic E-state index is 0.0527. The summed E-state index contributed by atoms with van der Waals surface area (Å²) in [5.41, 5.74) is 1.14. The lowest BCUT2D eigenvalue weighted by atomic mass is 10.0. The van der Waals surface area contributed by atoms with E-state index >= 15 is 0 Å². The zero-order chi connectivity index (χ0) is 14.5. The molecule has 0 spiro atoms. The summed E-state index contributed by atoms with van der Waals surface area (Å²) in [5.74, 6) is -1.21.